The van der Waals surface area contributed by atoms with Crippen LogP contribution in [0.3, 0.4) is 0 Å². The fourth-order valence-electron chi connectivity index (χ4n) is 3.09. The Hall–Kier alpha value is -3.26. The van der Waals surface area contributed by atoms with Crippen molar-refractivity contribution in [3.63, 3.8) is 0 Å². The number of carbonyl (C=O) groups is 1. The van der Waals surface area contributed by atoms with E-state index in [1.807, 2.05) is 43.3 Å². The summed E-state index contributed by atoms with van der Waals surface area (Å²) in [4.78, 5) is 16.0. The average molecular weight is 382 g/mol. The van der Waals surface area contributed by atoms with Crippen molar-refractivity contribution in [1.82, 2.24) is 15.1 Å². The van der Waals surface area contributed by atoms with Gasteiger partial charge in [-0.1, -0.05) is 30.3 Å². The number of hydrogen-bond donors (Lipinski definition) is 3. The molecule has 2 aromatic rings. The summed E-state index contributed by atoms with van der Waals surface area (Å²) in [6.45, 7) is 5.60. The molecule has 0 atom stereocenters. The van der Waals surface area contributed by atoms with Crippen molar-refractivity contribution in [3.05, 3.63) is 59.7 Å². The Morgan fingerprint density at radius 3 is 2.61 bits per heavy atom. The fourth-order valence-corrected chi connectivity index (χ4v) is 3.09. The molecule has 8 heteroatoms. The normalized spacial score (nSPS) is 15.3. The molecule has 1 saturated heterocycles. The Kier molecular flexibility index (Phi) is 6.33. The van der Waals surface area contributed by atoms with Crippen LogP contribution in [0.25, 0.3) is 0 Å². The van der Waals surface area contributed by atoms with E-state index in [1.165, 1.54) is 5.56 Å². The minimum atomic E-state index is -0.278. The number of nitrogens with zero attached hydrogens (tertiary/aromatic N) is 3. The smallest absolute Gasteiger partial charge is 0.324 e. The molecule has 0 aromatic heterocycles. The lowest BCUT2D eigenvalue weighted by atomic mass is 10.2. The Morgan fingerprint density at radius 1 is 1.14 bits per heavy atom. The van der Waals surface area contributed by atoms with Gasteiger partial charge in [-0.05, 0) is 36.2 Å². The summed E-state index contributed by atoms with van der Waals surface area (Å²) in [6, 6.07) is 15.8. The largest absolute Gasteiger partial charge is 0.457 e. The number of guanidine groups is 1. The second-order valence-electron chi connectivity index (χ2n) is 6.72. The number of aryl methyl sites for hydroxylation is 1. The van der Waals surface area contributed by atoms with Crippen LogP contribution in [0.4, 0.5) is 4.79 Å². The van der Waals surface area contributed by atoms with Crippen molar-refractivity contribution in [2.45, 2.75) is 13.5 Å². The van der Waals surface area contributed by atoms with Crippen LogP contribution >= 0.6 is 0 Å². The molecule has 1 aliphatic rings. The number of rotatable bonds is 4. The van der Waals surface area contributed by atoms with Gasteiger partial charge in [0.1, 0.15) is 11.5 Å². The first-order chi connectivity index (χ1) is 13.5. The number of para-hydroxylation sites is 1. The maximum absolute atomic E-state index is 12.0. The van der Waals surface area contributed by atoms with Gasteiger partial charge < -0.3 is 21.2 Å². The van der Waals surface area contributed by atoms with Crippen molar-refractivity contribution >= 4 is 12.0 Å². The van der Waals surface area contributed by atoms with Crippen LogP contribution in [0.5, 0.6) is 11.5 Å². The zero-order valence-corrected chi connectivity index (χ0v) is 16.0. The van der Waals surface area contributed by atoms with Crippen LogP contribution in [0.2, 0.25) is 0 Å². The summed E-state index contributed by atoms with van der Waals surface area (Å²) >= 11 is 0. The molecule has 5 N–H and O–H groups in total. The summed E-state index contributed by atoms with van der Waals surface area (Å²) < 4.78 is 6.02. The quantitative estimate of drug-likeness (QED) is 0.323. The van der Waals surface area contributed by atoms with Crippen LogP contribution in [0.1, 0.15) is 11.1 Å². The van der Waals surface area contributed by atoms with Gasteiger partial charge in [0, 0.05) is 32.7 Å². The van der Waals surface area contributed by atoms with E-state index in [0.717, 1.165) is 36.7 Å². The molecule has 0 aliphatic carbocycles. The van der Waals surface area contributed by atoms with Gasteiger partial charge in [0.25, 0.3) is 0 Å². The molecular formula is C20H26N6O2. The van der Waals surface area contributed by atoms with Crippen molar-refractivity contribution in [1.29, 1.82) is 0 Å². The summed E-state index contributed by atoms with van der Waals surface area (Å²) in [5.74, 6) is 6.63. The molecule has 2 aromatic carbocycles. The minimum absolute atomic E-state index is 0.0853. The molecule has 3 rings (SSSR count). The molecule has 1 aliphatic heterocycles. The molecule has 2 amide bonds. The van der Waals surface area contributed by atoms with Gasteiger partial charge in [-0.3, -0.25) is 10.2 Å². The van der Waals surface area contributed by atoms with Gasteiger partial charge in [-0.15, -0.1) is 5.10 Å². The molecule has 1 fully saturated rings. The Labute approximate surface area is 164 Å². The number of nitrogens with two attached hydrogens (primary N) is 2. The summed E-state index contributed by atoms with van der Waals surface area (Å²) in [6.07, 6.45) is 0. The van der Waals surface area contributed by atoms with Gasteiger partial charge in [-0.2, -0.15) is 0 Å². The van der Waals surface area contributed by atoms with E-state index in [0.29, 0.717) is 13.1 Å². The van der Waals surface area contributed by atoms with E-state index >= 15 is 0 Å². The molecule has 1 heterocycles. The van der Waals surface area contributed by atoms with Crippen LogP contribution in [-0.2, 0) is 6.54 Å². The highest BCUT2D eigenvalue weighted by Gasteiger charge is 2.21. The number of hydrazone groups is 1. The third-order valence-electron chi connectivity index (χ3n) is 4.66. The zero-order valence-electron chi connectivity index (χ0n) is 16.0. The van der Waals surface area contributed by atoms with E-state index < -0.39 is 0 Å². The van der Waals surface area contributed by atoms with Crippen LogP contribution in [0.15, 0.2) is 53.6 Å². The van der Waals surface area contributed by atoms with Crippen molar-refractivity contribution < 1.29 is 9.53 Å². The molecule has 0 radical (unpaired) electrons. The standard InChI is InChI=1S/C20H26N6O2/c1-15-5-2-3-8-18(15)28-17-7-4-6-16(13-17)14-25-9-11-26(12-10-25)20(27)23-19(21)24-22/h2-8,13H,9-12,14,22H2,1H3,(H3,21,23,24,27). The number of benzene rings is 2. The maximum atomic E-state index is 12.0. The molecule has 148 valence electrons. The number of nitrogens with one attached hydrogen (secondary N) is 1. The topological polar surface area (TPSA) is 109 Å². The van der Waals surface area contributed by atoms with Gasteiger partial charge in [0.05, 0.1) is 0 Å². The molecule has 28 heavy (non-hydrogen) atoms. The van der Waals surface area contributed by atoms with E-state index in [4.69, 9.17) is 16.3 Å². The monoisotopic (exact) mass is 382 g/mol. The maximum Gasteiger partial charge on any atom is 0.324 e. The first-order valence-electron chi connectivity index (χ1n) is 9.19. The molecule has 0 saturated carbocycles. The number of ether oxygens (including phenoxy) is 1. The first-order valence-corrected chi connectivity index (χ1v) is 9.19. The second kappa shape index (κ2) is 9.09. The zero-order chi connectivity index (χ0) is 19.9. The average Bonchev–Trinajstić information content (AvgIpc) is 2.70. The lowest BCUT2D eigenvalue weighted by Crippen LogP contribution is -2.53. The highest BCUT2D eigenvalue weighted by atomic mass is 16.5. The lowest BCUT2D eigenvalue weighted by Gasteiger charge is -2.34. The van der Waals surface area contributed by atoms with Gasteiger partial charge >= 0.3 is 6.03 Å². The Balaban J connectivity index is 1.54. The van der Waals surface area contributed by atoms with Crippen molar-refractivity contribution in [2.24, 2.45) is 16.7 Å². The van der Waals surface area contributed by atoms with Crippen LogP contribution in [0, 0.1) is 6.92 Å². The highest BCUT2D eigenvalue weighted by Crippen LogP contribution is 2.25. The third kappa shape index (κ3) is 5.14. The molecule has 8 nitrogen and oxygen atoms in total. The van der Waals surface area contributed by atoms with E-state index in [-0.39, 0.29) is 12.0 Å². The van der Waals surface area contributed by atoms with Crippen LogP contribution in [-0.4, -0.2) is 48.0 Å². The predicted octanol–water partition coefficient (Wildman–Crippen LogP) is 1.80. The molecule has 0 bridgehead atoms. The molecular weight excluding hydrogens is 356 g/mol. The van der Waals surface area contributed by atoms with Crippen molar-refractivity contribution in [3.8, 4) is 11.5 Å². The Morgan fingerprint density at radius 2 is 1.89 bits per heavy atom. The van der Waals surface area contributed by atoms with E-state index in [2.05, 4.69) is 27.5 Å². The SMILES string of the molecule is Cc1ccccc1Oc1cccc(CN2CCN(C(=O)N/C(N)=N/N)CC2)c1. The molecule has 0 unspecified atom stereocenters. The third-order valence-corrected chi connectivity index (χ3v) is 4.66. The Bertz CT molecular complexity index is 846. The number of amides is 2. The number of piperazine rings is 1. The van der Waals surface area contributed by atoms with E-state index in [1.54, 1.807) is 4.90 Å². The van der Waals surface area contributed by atoms with Gasteiger partial charge in [0.2, 0.25) is 5.96 Å². The highest BCUT2D eigenvalue weighted by molar-refractivity contribution is 5.95. The van der Waals surface area contributed by atoms with Gasteiger partial charge in [0.15, 0.2) is 0 Å². The van der Waals surface area contributed by atoms with Gasteiger partial charge in [-0.25, -0.2) is 4.79 Å². The lowest BCUT2D eigenvalue weighted by molar-refractivity contribution is 0.138. The first kappa shape index (κ1) is 19.5. The predicted molar refractivity (Wildman–Crippen MR) is 109 cm³/mol. The van der Waals surface area contributed by atoms with Crippen LogP contribution < -0.4 is 21.6 Å². The van der Waals surface area contributed by atoms with E-state index in [9.17, 15) is 4.79 Å². The number of hydrogen-bond acceptors (Lipinski definition) is 5. The van der Waals surface area contributed by atoms with Crippen molar-refractivity contribution in [2.75, 3.05) is 26.2 Å². The summed E-state index contributed by atoms with van der Waals surface area (Å²) in [5, 5.41) is 5.70. The fraction of sp³-hybridized carbons (Fsp3) is 0.300. The molecule has 0 spiro atoms. The summed E-state index contributed by atoms with van der Waals surface area (Å²) in [7, 11) is 0. The minimum Gasteiger partial charge on any atom is -0.457 e. The number of urea groups is 1. The number of carbonyl (C=O) groups excluding carboxylic acids is 1. The summed E-state index contributed by atoms with van der Waals surface area (Å²) in [5.41, 5.74) is 7.70. The second-order valence-corrected chi connectivity index (χ2v) is 6.72.